The summed E-state index contributed by atoms with van der Waals surface area (Å²) in [5.74, 6) is -0.629. The third-order valence-corrected chi connectivity index (χ3v) is 4.00. The molecule has 0 spiro atoms. The van der Waals surface area contributed by atoms with Gasteiger partial charge in [-0.2, -0.15) is 0 Å². The molecule has 0 heterocycles. The lowest BCUT2D eigenvalue weighted by molar-refractivity contribution is -0.144. The lowest BCUT2D eigenvalue weighted by Gasteiger charge is -2.11. The van der Waals surface area contributed by atoms with Crippen molar-refractivity contribution in [1.29, 1.82) is 0 Å². The lowest BCUT2D eigenvalue weighted by atomic mass is 10.0. The van der Waals surface area contributed by atoms with Crippen LogP contribution in [0.25, 0.3) is 0 Å². The van der Waals surface area contributed by atoms with Crippen molar-refractivity contribution in [3.05, 3.63) is 46.1 Å². The molecular weight excluding hydrogens is 395 g/mol. The van der Waals surface area contributed by atoms with Gasteiger partial charge in [0.05, 0.1) is 6.42 Å². The molecule has 118 valence electrons. The molecule has 0 N–H and O–H groups in total. The topological polar surface area (TPSA) is 60.4 Å². The van der Waals surface area contributed by atoms with E-state index in [4.69, 9.17) is 4.74 Å². The van der Waals surface area contributed by atoms with E-state index >= 15 is 0 Å². The number of ether oxygens (including phenoxy) is 1. The van der Waals surface area contributed by atoms with Crippen molar-refractivity contribution in [2.45, 2.75) is 38.7 Å². The second kappa shape index (κ2) is 9.50. The number of carbonyl (C=O) groups excluding carboxylic acids is 3. The zero-order valence-electron chi connectivity index (χ0n) is 12.5. The van der Waals surface area contributed by atoms with Gasteiger partial charge in [-0.15, -0.1) is 0 Å². The zero-order chi connectivity index (χ0) is 16.5. The fourth-order valence-corrected chi connectivity index (χ4v) is 2.68. The van der Waals surface area contributed by atoms with E-state index in [0.29, 0.717) is 24.8 Å². The van der Waals surface area contributed by atoms with Crippen LogP contribution in [0.15, 0.2) is 36.9 Å². The molecular formula is C17H19IO4. The van der Waals surface area contributed by atoms with Gasteiger partial charge in [-0.25, -0.2) is 0 Å². The van der Waals surface area contributed by atoms with Crippen LogP contribution in [0.3, 0.4) is 0 Å². The van der Waals surface area contributed by atoms with Crippen molar-refractivity contribution in [3.8, 4) is 0 Å². The largest absolute Gasteiger partial charge is 0.458 e. The Balaban J connectivity index is 2.40. The maximum Gasteiger partial charge on any atom is 0.303 e. The van der Waals surface area contributed by atoms with Crippen molar-refractivity contribution < 1.29 is 19.1 Å². The summed E-state index contributed by atoms with van der Waals surface area (Å²) < 4.78 is 5.86. The van der Waals surface area contributed by atoms with Gasteiger partial charge in [0.15, 0.2) is 5.78 Å². The van der Waals surface area contributed by atoms with Crippen LogP contribution < -0.4 is 0 Å². The monoisotopic (exact) mass is 414 g/mol. The molecule has 4 nitrogen and oxygen atoms in total. The normalized spacial score (nSPS) is 11.5. The molecule has 0 aliphatic heterocycles. The molecule has 0 aliphatic carbocycles. The standard InChI is InChI=1S/C17H19IO4/c1-3-14(22-12(2)19)8-6-7-13(20)11-17(21)15-9-4-5-10-16(15)18/h3-5,9-10,14H,1,6-8,11H2,2H3. The average molecular weight is 414 g/mol. The summed E-state index contributed by atoms with van der Waals surface area (Å²) in [6.07, 6.45) is 2.46. The smallest absolute Gasteiger partial charge is 0.303 e. The Morgan fingerprint density at radius 1 is 1.32 bits per heavy atom. The Labute approximate surface area is 144 Å². The van der Waals surface area contributed by atoms with Crippen molar-refractivity contribution >= 4 is 40.1 Å². The Hall–Kier alpha value is -1.50. The maximum absolute atomic E-state index is 12.1. The zero-order valence-corrected chi connectivity index (χ0v) is 14.7. The first-order valence-corrected chi connectivity index (χ1v) is 8.11. The van der Waals surface area contributed by atoms with Crippen LogP contribution in [0.2, 0.25) is 0 Å². The van der Waals surface area contributed by atoms with Gasteiger partial charge < -0.3 is 4.74 Å². The minimum atomic E-state index is -0.379. The Morgan fingerprint density at radius 3 is 2.59 bits per heavy atom. The highest BCUT2D eigenvalue weighted by molar-refractivity contribution is 14.1. The van der Waals surface area contributed by atoms with Crippen LogP contribution in [0.5, 0.6) is 0 Å². The molecule has 0 fully saturated rings. The summed E-state index contributed by atoms with van der Waals surface area (Å²) in [5, 5.41) is 0. The van der Waals surface area contributed by atoms with Gasteiger partial charge in [-0.05, 0) is 41.5 Å². The Kier molecular flexibility index (Phi) is 8.01. The highest BCUT2D eigenvalue weighted by Gasteiger charge is 2.15. The molecule has 5 heteroatoms. The second-order valence-electron chi connectivity index (χ2n) is 4.89. The van der Waals surface area contributed by atoms with Crippen LogP contribution in [-0.4, -0.2) is 23.6 Å². The molecule has 0 saturated heterocycles. The number of carbonyl (C=O) groups is 3. The third-order valence-electron chi connectivity index (χ3n) is 3.06. The van der Waals surface area contributed by atoms with E-state index < -0.39 is 0 Å². The highest BCUT2D eigenvalue weighted by atomic mass is 127. The lowest BCUT2D eigenvalue weighted by Crippen LogP contribution is -2.14. The van der Waals surface area contributed by atoms with Gasteiger partial charge in [-0.1, -0.05) is 30.9 Å². The number of hydrogen-bond donors (Lipinski definition) is 0. The molecule has 0 aromatic heterocycles. The number of esters is 1. The van der Waals surface area contributed by atoms with E-state index in [0.717, 1.165) is 3.57 Å². The third kappa shape index (κ3) is 6.51. The second-order valence-corrected chi connectivity index (χ2v) is 6.06. The van der Waals surface area contributed by atoms with E-state index in [1.807, 2.05) is 12.1 Å². The minimum Gasteiger partial charge on any atom is -0.458 e. The fraction of sp³-hybridized carbons (Fsp3) is 0.353. The predicted molar refractivity (Wildman–Crippen MR) is 92.7 cm³/mol. The van der Waals surface area contributed by atoms with Crippen LogP contribution in [0.1, 0.15) is 43.0 Å². The SMILES string of the molecule is C=CC(CCCC(=O)CC(=O)c1ccccc1I)OC(C)=O. The number of halogens is 1. The molecule has 0 aliphatic rings. The molecule has 22 heavy (non-hydrogen) atoms. The average Bonchev–Trinajstić information content (AvgIpc) is 2.46. The molecule has 0 radical (unpaired) electrons. The fourth-order valence-electron chi connectivity index (χ4n) is 1.99. The van der Waals surface area contributed by atoms with Gasteiger partial charge in [-0.3, -0.25) is 14.4 Å². The summed E-state index contributed by atoms with van der Waals surface area (Å²) in [4.78, 5) is 34.8. The number of hydrogen-bond acceptors (Lipinski definition) is 4. The molecule has 1 aromatic rings. The van der Waals surface area contributed by atoms with Gasteiger partial charge >= 0.3 is 5.97 Å². The van der Waals surface area contributed by atoms with E-state index in [2.05, 4.69) is 29.2 Å². The highest BCUT2D eigenvalue weighted by Crippen LogP contribution is 2.15. The van der Waals surface area contributed by atoms with E-state index in [1.54, 1.807) is 18.2 Å². The number of rotatable bonds is 9. The van der Waals surface area contributed by atoms with Crippen LogP contribution >= 0.6 is 22.6 Å². The van der Waals surface area contributed by atoms with E-state index in [-0.39, 0.29) is 30.1 Å². The van der Waals surface area contributed by atoms with Gasteiger partial charge in [0.2, 0.25) is 0 Å². The molecule has 1 unspecified atom stereocenters. The first-order valence-electron chi connectivity index (χ1n) is 7.03. The van der Waals surface area contributed by atoms with Crippen molar-refractivity contribution in [2.24, 2.45) is 0 Å². The van der Waals surface area contributed by atoms with Crippen molar-refractivity contribution in [3.63, 3.8) is 0 Å². The molecule has 0 amide bonds. The molecule has 1 aromatic carbocycles. The summed E-state index contributed by atoms with van der Waals surface area (Å²) in [6, 6.07) is 7.20. The predicted octanol–water partition coefficient (Wildman–Crippen LogP) is 3.72. The minimum absolute atomic E-state index is 0.0909. The van der Waals surface area contributed by atoms with Crippen LogP contribution in [0.4, 0.5) is 0 Å². The van der Waals surface area contributed by atoms with Gasteiger partial charge in [0.1, 0.15) is 11.9 Å². The van der Waals surface area contributed by atoms with Crippen LogP contribution in [0, 0.1) is 3.57 Å². The van der Waals surface area contributed by atoms with Gasteiger partial charge in [0.25, 0.3) is 0 Å². The summed E-state index contributed by atoms with van der Waals surface area (Å²) in [7, 11) is 0. The molecule has 0 saturated carbocycles. The first-order chi connectivity index (χ1) is 10.4. The summed E-state index contributed by atoms with van der Waals surface area (Å²) >= 11 is 2.08. The summed E-state index contributed by atoms with van der Waals surface area (Å²) in [6.45, 7) is 4.93. The van der Waals surface area contributed by atoms with Gasteiger partial charge in [0, 0.05) is 22.5 Å². The van der Waals surface area contributed by atoms with E-state index in [9.17, 15) is 14.4 Å². The quantitative estimate of drug-likeness (QED) is 0.203. The van der Waals surface area contributed by atoms with Crippen molar-refractivity contribution in [1.82, 2.24) is 0 Å². The number of benzene rings is 1. The van der Waals surface area contributed by atoms with Crippen LogP contribution in [-0.2, 0) is 14.3 Å². The van der Waals surface area contributed by atoms with Crippen molar-refractivity contribution in [2.75, 3.05) is 0 Å². The number of Topliss-reactive ketones (excluding diaryl/α,β-unsaturated/α-hetero) is 2. The molecule has 1 atom stereocenters. The molecule has 0 bridgehead atoms. The van der Waals surface area contributed by atoms with E-state index in [1.165, 1.54) is 6.92 Å². The first kappa shape index (κ1) is 18.5. The maximum atomic E-state index is 12.1. The summed E-state index contributed by atoms with van der Waals surface area (Å²) in [5.41, 5.74) is 0.584. The number of ketones is 2. The Bertz CT molecular complexity index is 566. The Morgan fingerprint density at radius 2 is 2.00 bits per heavy atom. The molecule has 1 rings (SSSR count).